The van der Waals surface area contributed by atoms with Crippen molar-refractivity contribution in [3.63, 3.8) is 0 Å². The fraction of sp³-hybridized carbons (Fsp3) is 0.273. The maximum Gasteiger partial charge on any atom is 0.253 e. The number of nitrogens with zero attached hydrogens (tertiary/aromatic N) is 3. The van der Waals surface area contributed by atoms with Gasteiger partial charge in [-0.2, -0.15) is 0 Å². The molecule has 0 radical (unpaired) electrons. The van der Waals surface area contributed by atoms with Crippen molar-refractivity contribution in [2.45, 2.75) is 26.8 Å². The number of aromatic nitrogens is 2. The van der Waals surface area contributed by atoms with Gasteiger partial charge in [0, 0.05) is 23.8 Å². The van der Waals surface area contributed by atoms with Crippen LogP contribution in [0.3, 0.4) is 0 Å². The summed E-state index contributed by atoms with van der Waals surface area (Å²) in [6, 6.07) is 15.4. The third kappa shape index (κ3) is 2.96. The van der Waals surface area contributed by atoms with Gasteiger partial charge in [0.05, 0.1) is 22.6 Å². The van der Waals surface area contributed by atoms with Crippen LogP contribution in [0.5, 0.6) is 0 Å². The monoisotopic (exact) mass is 394 g/mol. The van der Waals surface area contributed by atoms with Crippen molar-refractivity contribution in [1.29, 1.82) is 0 Å². The summed E-state index contributed by atoms with van der Waals surface area (Å²) >= 11 is 6.31. The molecule has 28 heavy (non-hydrogen) atoms. The molecular weight excluding hydrogens is 372 g/mol. The number of imidazole rings is 1. The Hall–Kier alpha value is -2.79. The number of fused-ring (bicyclic) bond motifs is 3. The highest BCUT2D eigenvalue weighted by atomic mass is 35.5. The zero-order valence-corrected chi connectivity index (χ0v) is 17.0. The van der Waals surface area contributed by atoms with E-state index in [4.69, 9.17) is 16.6 Å². The van der Waals surface area contributed by atoms with Crippen molar-refractivity contribution in [2.75, 3.05) is 18.4 Å². The zero-order chi connectivity index (χ0) is 19.8. The number of nitrogens with one attached hydrogen (secondary N) is 1. The first kappa shape index (κ1) is 18.6. The molecule has 3 aromatic rings. The Balaban J connectivity index is 1.98. The van der Waals surface area contributed by atoms with Gasteiger partial charge in [0.15, 0.2) is 0 Å². The predicted molar refractivity (Wildman–Crippen MR) is 114 cm³/mol. The summed E-state index contributed by atoms with van der Waals surface area (Å²) in [7, 11) is 0. The Morgan fingerprint density at radius 1 is 1.18 bits per heavy atom. The van der Waals surface area contributed by atoms with Gasteiger partial charge in [-0.3, -0.25) is 9.36 Å². The van der Waals surface area contributed by atoms with E-state index in [9.17, 15) is 4.79 Å². The highest BCUT2D eigenvalue weighted by Gasteiger charge is 2.35. The molecule has 144 valence electrons. The molecule has 0 saturated heterocycles. The molecule has 0 bridgehead atoms. The minimum absolute atomic E-state index is 0.0309. The lowest BCUT2D eigenvalue weighted by molar-refractivity contribution is -0.127. The molecule has 5 nitrogen and oxygen atoms in total. The van der Waals surface area contributed by atoms with Crippen LogP contribution in [0.4, 0.5) is 5.95 Å². The highest BCUT2D eigenvalue weighted by molar-refractivity contribution is 6.30. The summed E-state index contributed by atoms with van der Waals surface area (Å²) in [4.78, 5) is 20.1. The topological polar surface area (TPSA) is 50.2 Å². The summed E-state index contributed by atoms with van der Waals surface area (Å²) < 4.78 is 2.10. The smallest absolute Gasteiger partial charge is 0.253 e. The van der Waals surface area contributed by atoms with Gasteiger partial charge in [-0.1, -0.05) is 35.9 Å². The molecule has 1 aliphatic heterocycles. The summed E-state index contributed by atoms with van der Waals surface area (Å²) in [5.74, 6) is 0.767. The van der Waals surface area contributed by atoms with E-state index < -0.39 is 0 Å². The summed E-state index contributed by atoms with van der Waals surface area (Å²) in [6.07, 6.45) is 0. The fourth-order valence-electron chi connectivity index (χ4n) is 3.91. The zero-order valence-electron chi connectivity index (χ0n) is 16.2. The maximum absolute atomic E-state index is 13.5. The Kier molecular flexibility index (Phi) is 4.85. The fourth-order valence-corrected chi connectivity index (χ4v) is 4.11. The number of carbonyl (C=O) groups is 1. The third-order valence-electron chi connectivity index (χ3n) is 5.28. The first-order valence-electron chi connectivity index (χ1n) is 9.54. The van der Waals surface area contributed by atoms with Crippen LogP contribution in [0.1, 0.15) is 32.4 Å². The van der Waals surface area contributed by atoms with Crippen LogP contribution >= 0.6 is 11.6 Å². The van der Waals surface area contributed by atoms with Crippen LogP contribution in [-0.4, -0.2) is 33.4 Å². The molecule has 6 heteroatoms. The van der Waals surface area contributed by atoms with E-state index in [1.54, 1.807) is 0 Å². The van der Waals surface area contributed by atoms with Gasteiger partial charge >= 0.3 is 0 Å². The van der Waals surface area contributed by atoms with Crippen LogP contribution in [0.25, 0.3) is 11.0 Å². The molecule has 0 saturated carbocycles. The second kappa shape index (κ2) is 7.32. The first-order chi connectivity index (χ1) is 13.5. The van der Waals surface area contributed by atoms with E-state index in [2.05, 4.69) is 9.88 Å². The van der Waals surface area contributed by atoms with Gasteiger partial charge < -0.3 is 10.2 Å². The van der Waals surface area contributed by atoms with Crippen molar-refractivity contribution >= 4 is 34.5 Å². The molecule has 1 aromatic heterocycles. The second-order valence-corrected chi connectivity index (χ2v) is 7.33. The number of halogens is 1. The van der Waals surface area contributed by atoms with Crippen LogP contribution in [-0.2, 0) is 4.79 Å². The second-order valence-electron chi connectivity index (χ2n) is 6.89. The Morgan fingerprint density at radius 3 is 2.64 bits per heavy atom. The van der Waals surface area contributed by atoms with Crippen molar-refractivity contribution in [2.24, 2.45) is 0 Å². The number of benzene rings is 2. The van der Waals surface area contributed by atoms with E-state index in [1.807, 2.05) is 74.2 Å². The van der Waals surface area contributed by atoms with Gasteiger partial charge in [0.2, 0.25) is 5.95 Å². The minimum atomic E-state index is -0.296. The number of amides is 1. The van der Waals surface area contributed by atoms with Crippen molar-refractivity contribution in [3.05, 3.63) is 70.4 Å². The van der Waals surface area contributed by atoms with Gasteiger partial charge in [0.1, 0.15) is 0 Å². The minimum Gasteiger partial charge on any atom is -0.339 e. The van der Waals surface area contributed by atoms with E-state index in [-0.39, 0.29) is 11.9 Å². The molecule has 1 aliphatic rings. The normalized spacial score (nSPS) is 16.1. The van der Waals surface area contributed by atoms with E-state index in [0.29, 0.717) is 18.1 Å². The van der Waals surface area contributed by atoms with E-state index >= 15 is 0 Å². The number of hydrogen-bond donors (Lipinski definition) is 1. The molecule has 0 aliphatic carbocycles. The van der Waals surface area contributed by atoms with E-state index in [1.165, 1.54) is 0 Å². The Bertz CT molecular complexity index is 1080. The third-order valence-corrected chi connectivity index (χ3v) is 5.51. The lowest BCUT2D eigenvalue weighted by Gasteiger charge is -2.33. The van der Waals surface area contributed by atoms with E-state index in [0.717, 1.165) is 33.8 Å². The molecule has 1 amide bonds. The summed E-state index contributed by atoms with van der Waals surface area (Å²) in [6.45, 7) is 7.26. The largest absolute Gasteiger partial charge is 0.339 e. The molecule has 4 rings (SSSR count). The summed E-state index contributed by atoms with van der Waals surface area (Å²) in [5, 5.41) is 4.00. The molecule has 1 atom stereocenters. The lowest BCUT2D eigenvalue weighted by atomic mass is 9.94. The first-order valence-corrected chi connectivity index (χ1v) is 9.92. The SMILES string of the molecule is CCN(CC)C(=O)C1=C(C)Nc2nc3ccccc3n2[C@H]1c1cccc(Cl)c1. The number of allylic oxidation sites excluding steroid dienone is 1. The van der Waals surface area contributed by atoms with Gasteiger partial charge in [0.25, 0.3) is 5.91 Å². The molecular formula is C22H23ClN4O. The van der Waals surface area contributed by atoms with Crippen LogP contribution < -0.4 is 5.32 Å². The van der Waals surface area contributed by atoms with Crippen molar-refractivity contribution in [3.8, 4) is 0 Å². The number of anilines is 1. The Labute approximate surface area is 169 Å². The average molecular weight is 395 g/mol. The quantitative estimate of drug-likeness (QED) is 0.688. The number of rotatable bonds is 4. The number of likely N-dealkylation sites (N-methyl/N-ethyl adjacent to an activating group) is 1. The molecule has 0 unspecified atom stereocenters. The molecule has 2 aromatic carbocycles. The van der Waals surface area contributed by atoms with Crippen LogP contribution in [0, 0.1) is 0 Å². The maximum atomic E-state index is 13.5. The number of para-hydroxylation sites is 2. The van der Waals surface area contributed by atoms with Crippen molar-refractivity contribution in [1.82, 2.24) is 14.5 Å². The summed E-state index contributed by atoms with van der Waals surface area (Å²) in [5.41, 5.74) is 4.38. The average Bonchev–Trinajstić information content (AvgIpc) is 3.05. The van der Waals surface area contributed by atoms with Crippen LogP contribution in [0.2, 0.25) is 5.02 Å². The number of hydrogen-bond acceptors (Lipinski definition) is 3. The molecule has 0 fully saturated rings. The number of carbonyl (C=O) groups excluding carboxylic acids is 1. The highest BCUT2D eigenvalue weighted by Crippen LogP contribution is 2.40. The van der Waals surface area contributed by atoms with Crippen LogP contribution in [0.15, 0.2) is 59.8 Å². The van der Waals surface area contributed by atoms with Gasteiger partial charge in [-0.05, 0) is 50.6 Å². The standard InChI is InChI=1S/C22H23ClN4O/c1-4-26(5-2)21(28)19-14(3)24-22-25-17-11-6-7-12-18(17)27(22)20(19)15-9-8-10-16(23)13-15/h6-13,20H,4-5H2,1-3H3,(H,24,25)/t20-/m0/s1. The van der Waals surface area contributed by atoms with Gasteiger partial charge in [-0.15, -0.1) is 0 Å². The van der Waals surface area contributed by atoms with Crippen molar-refractivity contribution < 1.29 is 4.79 Å². The predicted octanol–water partition coefficient (Wildman–Crippen LogP) is 4.85. The molecule has 1 N–H and O–H groups in total. The van der Waals surface area contributed by atoms with Gasteiger partial charge in [-0.25, -0.2) is 4.98 Å². The molecule has 2 heterocycles. The molecule has 0 spiro atoms. The lowest BCUT2D eigenvalue weighted by Crippen LogP contribution is -2.37. The Morgan fingerprint density at radius 2 is 1.93 bits per heavy atom.